The lowest BCUT2D eigenvalue weighted by Gasteiger charge is -2.45. The minimum absolute atomic E-state index is 0.0794. The average Bonchev–Trinajstić information content (AvgIpc) is 2.56. The summed E-state index contributed by atoms with van der Waals surface area (Å²) in [6.07, 6.45) is -0.228. The number of alkyl halides is 1. The number of amides is 1. The Morgan fingerprint density at radius 3 is 2.65 bits per heavy atom. The number of ether oxygens (including phenoxy) is 3. The lowest BCUT2D eigenvalue weighted by molar-refractivity contribution is -0.236. The second-order valence-electron chi connectivity index (χ2n) is 5.45. The first-order valence-electron chi connectivity index (χ1n) is 5.69. The first kappa shape index (κ1) is 13.1. The molecular weight excluding hydrogens is 290 g/mol. The fourth-order valence-electron chi connectivity index (χ4n) is 1.85. The summed E-state index contributed by atoms with van der Waals surface area (Å²) >= 11 is 3.35. The Kier molecular flexibility index (Phi) is 3.40. The molecule has 1 atom stereocenters. The number of halogens is 1. The fourth-order valence-corrected chi connectivity index (χ4v) is 2.17. The van der Waals surface area contributed by atoms with Crippen LogP contribution in [0.4, 0.5) is 4.79 Å². The summed E-state index contributed by atoms with van der Waals surface area (Å²) in [4.78, 5) is 13.3. The molecule has 17 heavy (non-hydrogen) atoms. The minimum Gasteiger partial charge on any atom is -0.444 e. The van der Waals surface area contributed by atoms with Gasteiger partial charge in [-0.1, -0.05) is 15.9 Å². The predicted octanol–water partition coefficient (Wildman–Crippen LogP) is 1.74. The molecule has 6 heteroatoms. The van der Waals surface area contributed by atoms with Crippen LogP contribution >= 0.6 is 15.9 Å². The molecule has 0 aromatic rings. The normalized spacial score (nSPS) is 27.1. The third kappa shape index (κ3) is 2.92. The highest BCUT2D eigenvalue weighted by molar-refractivity contribution is 9.09. The van der Waals surface area contributed by atoms with Crippen molar-refractivity contribution >= 4 is 22.0 Å². The molecule has 2 rings (SSSR count). The van der Waals surface area contributed by atoms with Crippen molar-refractivity contribution in [2.45, 2.75) is 38.3 Å². The van der Waals surface area contributed by atoms with Gasteiger partial charge in [-0.25, -0.2) is 4.79 Å². The lowest BCUT2D eigenvalue weighted by Crippen LogP contribution is -2.64. The van der Waals surface area contributed by atoms with E-state index in [4.69, 9.17) is 14.2 Å². The Labute approximate surface area is 110 Å². The summed E-state index contributed by atoms with van der Waals surface area (Å²) in [5, 5.41) is 0.751. The molecule has 0 aromatic heterocycles. The third-order valence-corrected chi connectivity index (χ3v) is 3.32. The Hall–Kier alpha value is -0.330. The number of rotatable bonds is 1. The number of nitrogens with zero attached hydrogens (tertiary/aromatic N) is 1. The molecule has 98 valence electrons. The summed E-state index contributed by atoms with van der Waals surface area (Å²) in [5.41, 5.74) is -0.463. The van der Waals surface area contributed by atoms with Gasteiger partial charge >= 0.3 is 6.09 Å². The summed E-state index contributed by atoms with van der Waals surface area (Å²) in [7, 11) is 0. The van der Waals surface area contributed by atoms with E-state index in [1.54, 1.807) is 4.90 Å². The van der Waals surface area contributed by atoms with Crippen LogP contribution in [0.25, 0.3) is 0 Å². The lowest BCUT2D eigenvalue weighted by atomic mass is 10.1. The standard InChI is InChI=1S/C11H18BrNO4/c1-10(2,3)17-9(14)13-6-11(7-13)15-5-8(4-12)16-11/h8H,4-7H2,1-3H3. The number of hydrogen-bond acceptors (Lipinski definition) is 4. The Balaban J connectivity index is 1.81. The quantitative estimate of drug-likeness (QED) is 0.692. The first-order chi connectivity index (χ1) is 7.84. The maximum atomic E-state index is 11.7. The van der Waals surface area contributed by atoms with E-state index in [-0.39, 0.29) is 12.2 Å². The summed E-state index contributed by atoms with van der Waals surface area (Å²) in [5.74, 6) is -0.588. The van der Waals surface area contributed by atoms with Crippen molar-refractivity contribution in [3.63, 3.8) is 0 Å². The first-order valence-corrected chi connectivity index (χ1v) is 6.81. The molecular formula is C11H18BrNO4. The minimum atomic E-state index is -0.588. The van der Waals surface area contributed by atoms with Gasteiger partial charge in [-0.3, -0.25) is 4.90 Å². The Bertz CT molecular complexity index is 309. The van der Waals surface area contributed by atoms with Gasteiger partial charge in [0, 0.05) is 5.33 Å². The zero-order valence-corrected chi connectivity index (χ0v) is 11.9. The van der Waals surface area contributed by atoms with E-state index in [0.29, 0.717) is 19.7 Å². The second kappa shape index (κ2) is 4.40. The highest BCUT2D eigenvalue weighted by atomic mass is 79.9. The van der Waals surface area contributed by atoms with Gasteiger partial charge in [-0.15, -0.1) is 0 Å². The van der Waals surface area contributed by atoms with E-state index in [9.17, 15) is 4.79 Å². The van der Waals surface area contributed by atoms with Crippen LogP contribution in [0.5, 0.6) is 0 Å². The van der Waals surface area contributed by atoms with Gasteiger partial charge in [0.1, 0.15) is 5.60 Å². The van der Waals surface area contributed by atoms with Gasteiger partial charge in [-0.2, -0.15) is 0 Å². The molecule has 1 amide bonds. The molecule has 0 N–H and O–H groups in total. The summed E-state index contributed by atoms with van der Waals surface area (Å²) in [6.45, 7) is 7.03. The third-order valence-electron chi connectivity index (χ3n) is 2.60. The predicted molar refractivity (Wildman–Crippen MR) is 65.2 cm³/mol. The van der Waals surface area contributed by atoms with Gasteiger partial charge in [0.25, 0.3) is 0 Å². The summed E-state index contributed by atoms with van der Waals surface area (Å²) < 4.78 is 16.6. The van der Waals surface area contributed by atoms with Crippen molar-refractivity contribution < 1.29 is 19.0 Å². The van der Waals surface area contributed by atoms with Crippen LogP contribution in [0, 0.1) is 0 Å². The van der Waals surface area contributed by atoms with Crippen molar-refractivity contribution in [1.82, 2.24) is 4.90 Å². The molecule has 0 aromatic carbocycles. The van der Waals surface area contributed by atoms with Crippen molar-refractivity contribution in [3.8, 4) is 0 Å². The van der Waals surface area contributed by atoms with E-state index in [0.717, 1.165) is 5.33 Å². The summed E-state index contributed by atoms with van der Waals surface area (Å²) in [6, 6.07) is 0. The molecule has 2 aliphatic rings. The SMILES string of the molecule is CC(C)(C)OC(=O)N1CC2(C1)OCC(CBr)O2. The van der Waals surface area contributed by atoms with E-state index in [1.165, 1.54) is 0 Å². The van der Waals surface area contributed by atoms with E-state index < -0.39 is 11.4 Å². The molecule has 1 unspecified atom stereocenters. The van der Waals surface area contributed by atoms with Gasteiger partial charge in [0.15, 0.2) is 0 Å². The number of hydrogen-bond donors (Lipinski definition) is 0. The molecule has 0 radical (unpaired) electrons. The number of carbonyl (C=O) groups excluding carboxylic acids is 1. The van der Waals surface area contributed by atoms with Gasteiger partial charge in [0.2, 0.25) is 5.79 Å². The molecule has 0 saturated carbocycles. The largest absolute Gasteiger partial charge is 0.444 e. The monoisotopic (exact) mass is 307 g/mol. The van der Waals surface area contributed by atoms with Gasteiger partial charge in [-0.05, 0) is 20.8 Å². The van der Waals surface area contributed by atoms with Crippen LogP contribution < -0.4 is 0 Å². The van der Waals surface area contributed by atoms with Crippen LogP contribution in [0.2, 0.25) is 0 Å². The molecule has 2 saturated heterocycles. The van der Waals surface area contributed by atoms with Crippen LogP contribution in [-0.2, 0) is 14.2 Å². The topological polar surface area (TPSA) is 48.0 Å². The van der Waals surface area contributed by atoms with Crippen molar-refractivity contribution in [2.75, 3.05) is 25.0 Å². The molecule has 2 aliphatic heterocycles. The zero-order chi connectivity index (χ0) is 12.7. The van der Waals surface area contributed by atoms with Gasteiger partial charge < -0.3 is 14.2 Å². The van der Waals surface area contributed by atoms with Gasteiger partial charge in [0.05, 0.1) is 25.8 Å². The zero-order valence-electron chi connectivity index (χ0n) is 10.4. The highest BCUT2D eigenvalue weighted by Crippen LogP contribution is 2.34. The molecule has 5 nitrogen and oxygen atoms in total. The average molecular weight is 308 g/mol. The second-order valence-corrected chi connectivity index (χ2v) is 6.10. The van der Waals surface area contributed by atoms with Crippen LogP contribution in [0.3, 0.4) is 0 Å². The highest BCUT2D eigenvalue weighted by Gasteiger charge is 2.53. The number of likely N-dealkylation sites (tertiary alicyclic amines) is 1. The van der Waals surface area contributed by atoms with E-state index in [1.807, 2.05) is 20.8 Å². The molecule has 0 bridgehead atoms. The molecule has 1 spiro atoms. The maximum absolute atomic E-state index is 11.7. The van der Waals surface area contributed by atoms with E-state index >= 15 is 0 Å². The van der Waals surface area contributed by atoms with Crippen LogP contribution in [0.15, 0.2) is 0 Å². The van der Waals surface area contributed by atoms with E-state index in [2.05, 4.69) is 15.9 Å². The molecule has 0 aliphatic carbocycles. The van der Waals surface area contributed by atoms with Crippen LogP contribution in [0.1, 0.15) is 20.8 Å². The maximum Gasteiger partial charge on any atom is 0.410 e. The smallest absolute Gasteiger partial charge is 0.410 e. The Morgan fingerprint density at radius 2 is 2.18 bits per heavy atom. The van der Waals surface area contributed by atoms with Crippen LogP contribution in [-0.4, -0.2) is 53.5 Å². The van der Waals surface area contributed by atoms with Crippen molar-refractivity contribution in [1.29, 1.82) is 0 Å². The fraction of sp³-hybridized carbons (Fsp3) is 0.909. The van der Waals surface area contributed by atoms with Crippen molar-refractivity contribution in [3.05, 3.63) is 0 Å². The molecule has 2 fully saturated rings. The Morgan fingerprint density at radius 1 is 1.53 bits per heavy atom. The number of carbonyl (C=O) groups is 1. The molecule has 2 heterocycles. The van der Waals surface area contributed by atoms with Crippen molar-refractivity contribution in [2.24, 2.45) is 0 Å².